The second-order valence-corrected chi connectivity index (χ2v) is 6.14. The largest absolute Gasteiger partial charge is 0.334 e. The summed E-state index contributed by atoms with van der Waals surface area (Å²) in [4.78, 5) is 14.2. The van der Waals surface area contributed by atoms with Gasteiger partial charge in [0, 0.05) is 19.6 Å². The molecule has 0 atom stereocenters. The second-order valence-electron chi connectivity index (χ2n) is 6.14. The Morgan fingerprint density at radius 1 is 1.08 bits per heavy atom. The molecule has 122 valence electrons. The highest BCUT2D eigenvalue weighted by atomic mass is 16.2. The Balaban J connectivity index is 1.47. The lowest BCUT2D eigenvalue weighted by Gasteiger charge is -2.32. The third-order valence-electron chi connectivity index (χ3n) is 4.58. The van der Waals surface area contributed by atoms with Crippen LogP contribution in [0.5, 0.6) is 0 Å². The van der Waals surface area contributed by atoms with Gasteiger partial charge in [0.1, 0.15) is 0 Å². The highest BCUT2D eigenvalue weighted by molar-refractivity contribution is 5.74. The lowest BCUT2D eigenvalue weighted by atomic mass is 9.90. The molecule has 1 aliphatic heterocycles. The molecule has 0 bridgehead atoms. The van der Waals surface area contributed by atoms with E-state index in [2.05, 4.69) is 35.7 Å². The molecule has 0 unspecified atom stereocenters. The second kappa shape index (κ2) is 7.65. The number of nitrogens with one attached hydrogen (secondary N) is 1. The van der Waals surface area contributed by atoms with Gasteiger partial charge in [-0.05, 0) is 42.0 Å². The first-order valence-electron chi connectivity index (χ1n) is 8.33. The zero-order chi connectivity index (χ0) is 16.8. The van der Waals surface area contributed by atoms with E-state index in [0.29, 0.717) is 18.0 Å². The molecule has 1 fully saturated rings. The number of nitrogens with zero attached hydrogens (tertiary/aromatic N) is 2. The van der Waals surface area contributed by atoms with Gasteiger partial charge in [-0.2, -0.15) is 5.26 Å². The van der Waals surface area contributed by atoms with Crippen LogP contribution in [0.15, 0.2) is 54.6 Å². The monoisotopic (exact) mass is 319 g/mol. The van der Waals surface area contributed by atoms with Gasteiger partial charge in [-0.3, -0.25) is 0 Å². The fraction of sp³-hybridized carbons (Fsp3) is 0.300. The molecule has 1 saturated heterocycles. The summed E-state index contributed by atoms with van der Waals surface area (Å²) in [5, 5.41) is 11.8. The van der Waals surface area contributed by atoms with Crippen molar-refractivity contribution in [3.05, 3.63) is 71.3 Å². The lowest BCUT2D eigenvalue weighted by molar-refractivity contribution is 0.181. The van der Waals surface area contributed by atoms with Gasteiger partial charge >= 0.3 is 6.03 Å². The molecule has 1 heterocycles. The van der Waals surface area contributed by atoms with Crippen LogP contribution in [0, 0.1) is 11.3 Å². The molecule has 3 rings (SSSR count). The summed E-state index contributed by atoms with van der Waals surface area (Å²) in [5.74, 6) is 0.550. The van der Waals surface area contributed by atoms with Crippen molar-refractivity contribution in [3.63, 3.8) is 0 Å². The number of likely N-dealkylation sites (tertiary alicyclic amines) is 1. The Kier molecular flexibility index (Phi) is 5.12. The van der Waals surface area contributed by atoms with Crippen molar-refractivity contribution in [2.75, 3.05) is 13.1 Å². The summed E-state index contributed by atoms with van der Waals surface area (Å²) in [5.41, 5.74) is 3.00. The number of carbonyl (C=O) groups is 1. The van der Waals surface area contributed by atoms with Crippen LogP contribution in [-0.4, -0.2) is 24.0 Å². The van der Waals surface area contributed by atoms with Crippen LogP contribution in [0.25, 0.3) is 0 Å². The maximum atomic E-state index is 12.3. The SMILES string of the molecule is N#Cc1ccc(CNC(=O)N2CCC(c3ccccc3)CC2)cc1. The maximum absolute atomic E-state index is 12.3. The van der Waals surface area contributed by atoms with Gasteiger partial charge in [0.05, 0.1) is 11.6 Å². The van der Waals surface area contributed by atoms with Gasteiger partial charge in [-0.25, -0.2) is 4.79 Å². The van der Waals surface area contributed by atoms with E-state index in [-0.39, 0.29) is 6.03 Å². The summed E-state index contributed by atoms with van der Waals surface area (Å²) in [6, 6.07) is 19.9. The number of piperidine rings is 1. The first-order chi connectivity index (χ1) is 11.8. The lowest BCUT2D eigenvalue weighted by Crippen LogP contribution is -2.43. The Morgan fingerprint density at radius 2 is 1.75 bits per heavy atom. The van der Waals surface area contributed by atoms with Crippen molar-refractivity contribution in [1.29, 1.82) is 5.26 Å². The van der Waals surface area contributed by atoms with Crippen LogP contribution in [0.4, 0.5) is 4.79 Å². The predicted octanol–water partition coefficient (Wildman–Crippen LogP) is 3.65. The van der Waals surface area contributed by atoms with Crippen LogP contribution in [0.3, 0.4) is 0 Å². The fourth-order valence-corrected chi connectivity index (χ4v) is 3.13. The number of benzene rings is 2. The topological polar surface area (TPSA) is 56.1 Å². The Labute approximate surface area is 142 Å². The van der Waals surface area contributed by atoms with Crippen LogP contribution in [0.1, 0.15) is 35.4 Å². The third-order valence-corrected chi connectivity index (χ3v) is 4.58. The molecule has 2 aromatic carbocycles. The quantitative estimate of drug-likeness (QED) is 0.939. The summed E-state index contributed by atoms with van der Waals surface area (Å²) >= 11 is 0. The van der Waals surface area contributed by atoms with Gasteiger partial charge in [0.25, 0.3) is 0 Å². The van der Waals surface area contributed by atoms with Crippen molar-refractivity contribution in [2.24, 2.45) is 0 Å². The number of rotatable bonds is 3. The molecule has 1 N–H and O–H groups in total. The average Bonchev–Trinajstić information content (AvgIpc) is 2.67. The van der Waals surface area contributed by atoms with Crippen LogP contribution in [0.2, 0.25) is 0 Å². The summed E-state index contributed by atoms with van der Waals surface area (Å²) in [7, 11) is 0. The van der Waals surface area contributed by atoms with Gasteiger partial charge in [0.2, 0.25) is 0 Å². The molecular weight excluding hydrogens is 298 g/mol. The number of carbonyl (C=O) groups excluding carboxylic acids is 1. The number of hydrogen-bond donors (Lipinski definition) is 1. The number of amides is 2. The molecule has 2 amide bonds. The smallest absolute Gasteiger partial charge is 0.317 e. The van der Waals surface area contributed by atoms with E-state index < -0.39 is 0 Å². The highest BCUT2D eigenvalue weighted by Gasteiger charge is 2.23. The van der Waals surface area contributed by atoms with Crippen molar-refractivity contribution in [1.82, 2.24) is 10.2 Å². The van der Waals surface area contributed by atoms with Crippen LogP contribution in [-0.2, 0) is 6.54 Å². The first-order valence-corrected chi connectivity index (χ1v) is 8.33. The van der Waals surface area contributed by atoms with Gasteiger partial charge in [-0.1, -0.05) is 42.5 Å². The van der Waals surface area contributed by atoms with E-state index in [1.54, 1.807) is 12.1 Å². The minimum atomic E-state index is -0.00845. The molecule has 1 aliphatic rings. The fourth-order valence-electron chi connectivity index (χ4n) is 3.13. The van der Waals surface area contributed by atoms with E-state index in [1.165, 1.54) is 5.56 Å². The van der Waals surface area contributed by atoms with Crippen LogP contribution >= 0.6 is 0 Å². The van der Waals surface area contributed by atoms with Crippen molar-refractivity contribution >= 4 is 6.03 Å². The molecule has 4 nitrogen and oxygen atoms in total. The predicted molar refractivity (Wildman–Crippen MR) is 93.4 cm³/mol. The van der Waals surface area contributed by atoms with Gasteiger partial charge in [0.15, 0.2) is 0 Å². The van der Waals surface area contributed by atoms with E-state index in [0.717, 1.165) is 31.5 Å². The van der Waals surface area contributed by atoms with E-state index in [4.69, 9.17) is 5.26 Å². The van der Waals surface area contributed by atoms with Gasteiger partial charge in [-0.15, -0.1) is 0 Å². The molecule has 0 radical (unpaired) electrons. The Hall–Kier alpha value is -2.80. The molecule has 0 aliphatic carbocycles. The average molecular weight is 319 g/mol. The molecule has 2 aromatic rings. The number of urea groups is 1. The van der Waals surface area contributed by atoms with E-state index in [1.807, 2.05) is 23.1 Å². The normalized spacial score (nSPS) is 14.9. The minimum Gasteiger partial charge on any atom is -0.334 e. The molecule has 0 aromatic heterocycles. The summed E-state index contributed by atoms with van der Waals surface area (Å²) in [6.07, 6.45) is 2.02. The van der Waals surface area contributed by atoms with Crippen molar-refractivity contribution in [3.8, 4) is 6.07 Å². The van der Waals surface area contributed by atoms with Crippen molar-refractivity contribution < 1.29 is 4.79 Å². The Morgan fingerprint density at radius 3 is 2.38 bits per heavy atom. The first kappa shape index (κ1) is 16.1. The van der Waals surface area contributed by atoms with Crippen molar-refractivity contribution in [2.45, 2.75) is 25.3 Å². The zero-order valence-corrected chi connectivity index (χ0v) is 13.6. The highest BCUT2D eigenvalue weighted by Crippen LogP contribution is 2.27. The van der Waals surface area contributed by atoms with Gasteiger partial charge < -0.3 is 10.2 Å². The standard InChI is InChI=1S/C20H21N3O/c21-14-16-6-8-17(9-7-16)15-22-20(24)23-12-10-19(11-13-23)18-4-2-1-3-5-18/h1-9,19H,10-13,15H2,(H,22,24). The van der Waals surface area contributed by atoms with E-state index in [9.17, 15) is 4.79 Å². The molecule has 4 heteroatoms. The number of hydrogen-bond acceptors (Lipinski definition) is 2. The van der Waals surface area contributed by atoms with E-state index >= 15 is 0 Å². The summed E-state index contributed by atoms with van der Waals surface area (Å²) in [6.45, 7) is 2.07. The molecule has 24 heavy (non-hydrogen) atoms. The molecular formula is C20H21N3O. The number of nitriles is 1. The summed E-state index contributed by atoms with van der Waals surface area (Å²) < 4.78 is 0. The van der Waals surface area contributed by atoms with Crippen LogP contribution < -0.4 is 5.32 Å². The minimum absolute atomic E-state index is 0.00845. The zero-order valence-electron chi connectivity index (χ0n) is 13.6. The maximum Gasteiger partial charge on any atom is 0.317 e. The Bertz CT molecular complexity index is 711. The third kappa shape index (κ3) is 3.94. The molecule has 0 spiro atoms. The molecule has 0 saturated carbocycles.